The van der Waals surface area contributed by atoms with Crippen LogP contribution in [-0.2, 0) is 26.2 Å². The van der Waals surface area contributed by atoms with E-state index in [9.17, 15) is 18.0 Å². The van der Waals surface area contributed by atoms with Crippen molar-refractivity contribution in [1.29, 1.82) is 0 Å². The molecule has 0 bridgehead atoms. The van der Waals surface area contributed by atoms with Crippen molar-refractivity contribution in [2.24, 2.45) is 0 Å². The number of halogens is 1. The molecule has 3 aromatic carbocycles. The number of nitrogens with one attached hydrogen (secondary N) is 1. The van der Waals surface area contributed by atoms with Crippen molar-refractivity contribution >= 4 is 39.1 Å². The second-order valence-electron chi connectivity index (χ2n) is 10.8. The van der Waals surface area contributed by atoms with E-state index in [0.29, 0.717) is 29.5 Å². The maximum absolute atomic E-state index is 14.2. The Balaban J connectivity index is 1.70. The van der Waals surface area contributed by atoms with Gasteiger partial charge in [0, 0.05) is 17.6 Å². The smallest absolute Gasteiger partial charge is 0.264 e. The minimum Gasteiger partial charge on any atom is -0.494 e. The van der Waals surface area contributed by atoms with Crippen LogP contribution in [0.2, 0.25) is 5.02 Å². The normalized spacial score (nSPS) is 14.2. The van der Waals surface area contributed by atoms with Crippen LogP contribution >= 0.6 is 11.6 Å². The summed E-state index contributed by atoms with van der Waals surface area (Å²) in [4.78, 5) is 29.3. The van der Waals surface area contributed by atoms with Gasteiger partial charge in [0.15, 0.2) is 0 Å². The van der Waals surface area contributed by atoms with Gasteiger partial charge in [-0.15, -0.1) is 0 Å². The fourth-order valence-electron chi connectivity index (χ4n) is 5.32. The number of ether oxygens (including phenoxy) is 1. The SMILES string of the molecule is CCOc1ccc(S(=O)(=O)N(CC(=O)N(Cc2ccc(Cl)cc2)C(CC)C(=O)NC2CCCC2)c2ccc(C)cc2)cc1. The lowest BCUT2D eigenvalue weighted by molar-refractivity contribution is -0.140. The van der Waals surface area contributed by atoms with Crippen molar-refractivity contribution in [3.05, 3.63) is 88.9 Å². The Morgan fingerprint density at radius 3 is 2.16 bits per heavy atom. The van der Waals surface area contributed by atoms with Gasteiger partial charge in [-0.3, -0.25) is 13.9 Å². The number of carbonyl (C=O) groups is 2. The zero-order valence-corrected chi connectivity index (χ0v) is 26.5. The second-order valence-corrected chi connectivity index (χ2v) is 13.1. The van der Waals surface area contributed by atoms with Gasteiger partial charge in [0.1, 0.15) is 18.3 Å². The summed E-state index contributed by atoms with van der Waals surface area (Å²) in [7, 11) is -4.16. The Morgan fingerprint density at radius 1 is 0.953 bits per heavy atom. The van der Waals surface area contributed by atoms with Crippen molar-refractivity contribution in [3.63, 3.8) is 0 Å². The molecule has 4 rings (SSSR count). The summed E-state index contributed by atoms with van der Waals surface area (Å²) >= 11 is 6.10. The molecule has 43 heavy (non-hydrogen) atoms. The Morgan fingerprint density at radius 2 is 1.58 bits per heavy atom. The summed E-state index contributed by atoms with van der Waals surface area (Å²) < 4.78 is 34.7. The van der Waals surface area contributed by atoms with Gasteiger partial charge in [0.05, 0.1) is 17.2 Å². The van der Waals surface area contributed by atoms with Crippen molar-refractivity contribution in [1.82, 2.24) is 10.2 Å². The largest absolute Gasteiger partial charge is 0.494 e. The topological polar surface area (TPSA) is 96.0 Å². The molecule has 8 nitrogen and oxygen atoms in total. The highest BCUT2D eigenvalue weighted by atomic mass is 35.5. The number of aryl methyl sites for hydroxylation is 1. The highest BCUT2D eigenvalue weighted by Gasteiger charge is 2.34. The van der Waals surface area contributed by atoms with Crippen LogP contribution in [-0.4, -0.2) is 50.4 Å². The summed E-state index contributed by atoms with van der Waals surface area (Å²) in [6.07, 6.45) is 4.31. The first-order valence-electron chi connectivity index (χ1n) is 14.8. The van der Waals surface area contributed by atoms with E-state index in [2.05, 4.69) is 5.32 Å². The summed E-state index contributed by atoms with van der Waals surface area (Å²) in [5, 5.41) is 3.68. The molecule has 1 atom stereocenters. The van der Waals surface area contributed by atoms with Crippen LogP contribution in [0.5, 0.6) is 5.75 Å². The van der Waals surface area contributed by atoms with E-state index in [0.717, 1.165) is 41.1 Å². The molecule has 1 N–H and O–H groups in total. The van der Waals surface area contributed by atoms with Gasteiger partial charge in [0.25, 0.3) is 10.0 Å². The quantitative estimate of drug-likeness (QED) is 0.247. The Labute approximate surface area is 260 Å². The summed E-state index contributed by atoms with van der Waals surface area (Å²) in [5.41, 5.74) is 2.08. The molecule has 0 spiro atoms. The van der Waals surface area contributed by atoms with Gasteiger partial charge >= 0.3 is 0 Å². The van der Waals surface area contributed by atoms with Crippen LogP contribution in [0.1, 0.15) is 57.1 Å². The number of anilines is 1. The lowest BCUT2D eigenvalue weighted by atomic mass is 10.1. The number of amides is 2. The first-order valence-corrected chi connectivity index (χ1v) is 16.6. The van der Waals surface area contributed by atoms with E-state index in [1.54, 1.807) is 60.7 Å². The summed E-state index contributed by atoms with van der Waals surface area (Å²) in [6.45, 7) is 5.70. The number of carbonyl (C=O) groups excluding carboxylic acids is 2. The van der Waals surface area contributed by atoms with Gasteiger partial charge in [-0.05, 0) is 87.2 Å². The first-order chi connectivity index (χ1) is 20.6. The fourth-order valence-corrected chi connectivity index (χ4v) is 6.86. The molecule has 3 aromatic rings. The van der Waals surface area contributed by atoms with Crippen LogP contribution in [0, 0.1) is 6.92 Å². The summed E-state index contributed by atoms with van der Waals surface area (Å²) in [5.74, 6) is -0.168. The highest BCUT2D eigenvalue weighted by molar-refractivity contribution is 7.92. The summed E-state index contributed by atoms with van der Waals surface area (Å²) in [6, 6.07) is 19.5. The van der Waals surface area contributed by atoms with Gasteiger partial charge in [-0.25, -0.2) is 8.42 Å². The lowest BCUT2D eigenvalue weighted by Crippen LogP contribution is -2.53. The molecule has 0 heterocycles. The molecule has 1 aliphatic carbocycles. The Bertz CT molecular complexity index is 1470. The maximum Gasteiger partial charge on any atom is 0.264 e. The van der Waals surface area contributed by atoms with Crippen LogP contribution in [0.25, 0.3) is 0 Å². The van der Waals surface area contributed by atoms with Gasteiger partial charge in [0.2, 0.25) is 11.8 Å². The molecular weight excluding hydrogens is 586 g/mol. The zero-order chi connectivity index (χ0) is 31.0. The van der Waals surface area contributed by atoms with E-state index in [1.165, 1.54) is 17.0 Å². The molecule has 0 aromatic heterocycles. The van der Waals surface area contributed by atoms with Crippen LogP contribution < -0.4 is 14.4 Å². The molecule has 1 fully saturated rings. The van der Waals surface area contributed by atoms with Crippen molar-refractivity contribution in [3.8, 4) is 5.75 Å². The molecule has 10 heteroatoms. The Kier molecular flexibility index (Phi) is 11.1. The third kappa shape index (κ3) is 8.30. The average molecular weight is 626 g/mol. The highest BCUT2D eigenvalue weighted by Crippen LogP contribution is 2.27. The molecular formula is C33H40ClN3O5S. The lowest BCUT2D eigenvalue weighted by Gasteiger charge is -2.33. The minimum absolute atomic E-state index is 0.0274. The van der Waals surface area contributed by atoms with Crippen molar-refractivity contribution in [2.45, 2.75) is 76.4 Å². The van der Waals surface area contributed by atoms with Crippen LogP contribution in [0.3, 0.4) is 0 Å². The van der Waals surface area contributed by atoms with E-state index in [4.69, 9.17) is 16.3 Å². The molecule has 0 saturated heterocycles. The predicted octanol–water partition coefficient (Wildman–Crippen LogP) is 6.11. The molecule has 1 unspecified atom stereocenters. The second kappa shape index (κ2) is 14.8. The number of benzene rings is 3. The van der Waals surface area contributed by atoms with E-state index >= 15 is 0 Å². The van der Waals surface area contributed by atoms with Gasteiger partial charge < -0.3 is 15.0 Å². The van der Waals surface area contributed by atoms with E-state index in [1.807, 2.05) is 20.8 Å². The van der Waals surface area contributed by atoms with E-state index in [-0.39, 0.29) is 23.4 Å². The maximum atomic E-state index is 14.2. The monoisotopic (exact) mass is 625 g/mol. The molecule has 2 amide bonds. The first kappa shape index (κ1) is 32.4. The number of rotatable bonds is 13. The molecule has 230 valence electrons. The number of nitrogens with zero attached hydrogens (tertiary/aromatic N) is 2. The molecule has 0 radical (unpaired) electrons. The van der Waals surface area contributed by atoms with Crippen LogP contribution in [0.4, 0.5) is 5.69 Å². The van der Waals surface area contributed by atoms with E-state index < -0.39 is 28.5 Å². The molecule has 0 aliphatic heterocycles. The third-order valence-corrected chi connectivity index (χ3v) is 9.72. The average Bonchev–Trinajstić information content (AvgIpc) is 3.50. The minimum atomic E-state index is -4.16. The van der Waals surface area contributed by atoms with Gasteiger partial charge in [-0.1, -0.05) is 61.2 Å². The molecule has 1 aliphatic rings. The van der Waals surface area contributed by atoms with Crippen molar-refractivity contribution in [2.75, 3.05) is 17.5 Å². The Hall–Kier alpha value is -3.56. The van der Waals surface area contributed by atoms with Crippen LogP contribution in [0.15, 0.2) is 77.7 Å². The van der Waals surface area contributed by atoms with Crippen molar-refractivity contribution < 1.29 is 22.7 Å². The predicted molar refractivity (Wildman–Crippen MR) is 170 cm³/mol. The van der Waals surface area contributed by atoms with Gasteiger partial charge in [-0.2, -0.15) is 0 Å². The fraction of sp³-hybridized carbons (Fsp3) is 0.394. The third-order valence-electron chi connectivity index (χ3n) is 7.68. The zero-order valence-electron chi connectivity index (χ0n) is 25.0. The number of sulfonamides is 1. The number of hydrogen-bond acceptors (Lipinski definition) is 5. The molecule has 1 saturated carbocycles. The standard InChI is InChI=1S/C33H40ClN3O5S/c1-4-31(33(39)35-27-8-6-7-9-27)36(22-25-12-14-26(34)15-13-25)32(38)23-37(28-16-10-24(3)11-17-28)43(40,41)30-20-18-29(19-21-30)42-5-2/h10-21,27,31H,4-9,22-23H2,1-3H3,(H,35,39). The number of hydrogen-bond donors (Lipinski definition) is 1.